The van der Waals surface area contributed by atoms with Crippen LogP contribution < -0.4 is 5.43 Å². The van der Waals surface area contributed by atoms with E-state index in [1.807, 2.05) is 41.8 Å². The number of allylic oxidation sites excluding steroid dienone is 1. The van der Waals surface area contributed by atoms with Crippen molar-refractivity contribution in [2.45, 2.75) is 26.3 Å². The van der Waals surface area contributed by atoms with Gasteiger partial charge >= 0.3 is 5.97 Å². The number of hydrogen-bond donors (Lipinski definition) is 1. The second kappa shape index (κ2) is 6.89. The second-order valence-corrected chi connectivity index (χ2v) is 5.04. The van der Waals surface area contributed by atoms with E-state index in [1.54, 1.807) is 6.08 Å². The second-order valence-electron chi connectivity index (χ2n) is 5.04. The maximum Gasteiger partial charge on any atom is 0.341 e. The summed E-state index contributed by atoms with van der Waals surface area (Å²) in [4.78, 5) is 23.8. The molecule has 4 heteroatoms. The summed E-state index contributed by atoms with van der Waals surface area (Å²) < 4.78 is 1.87. The normalized spacial score (nSPS) is 10.4. The molecule has 1 N–H and O–H groups in total. The van der Waals surface area contributed by atoms with Crippen LogP contribution in [-0.2, 0) is 13.0 Å². The number of pyridine rings is 1. The molecular formula is C18H19NO3. The van der Waals surface area contributed by atoms with E-state index in [9.17, 15) is 14.7 Å². The molecule has 0 amide bonds. The highest BCUT2D eigenvalue weighted by Crippen LogP contribution is 2.22. The van der Waals surface area contributed by atoms with Crippen molar-refractivity contribution in [1.82, 2.24) is 4.57 Å². The lowest BCUT2D eigenvalue weighted by molar-refractivity contribution is 0.0693. The Morgan fingerprint density at radius 2 is 2.00 bits per heavy atom. The molecule has 1 aromatic heterocycles. The molecule has 0 spiro atoms. The molecule has 114 valence electrons. The zero-order valence-corrected chi connectivity index (χ0v) is 12.6. The van der Waals surface area contributed by atoms with Crippen LogP contribution in [0.15, 0.2) is 53.8 Å². The van der Waals surface area contributed by atoms with E-state index in [0.717, 1.165) is 17.7 Å². The molecule has 0 atom stereocenters. The highest BCUT2D eigenvalue weighted by molar-refractivity contribution is 5.89. The van der Waals surface area contributed by atoms with E-state index in [-0.39, 0.29) is 5.56 Å². The molecule has 1 heterocycles. The van der Waals surface area contributed by atoms with Crippen molar-refractivity contribution in [3.05, 3.63) is 70.5 Å². The van der Waals surface area contributed by atoms with Gasteiger partial charge in [0.25, 0.3) is 0 Å². The number of aromatic nitrogens is 1. The Morgan fingerprint density at radius 3 is 2.55 bits per heavy atom. The predicted molar refractivity (Wildman–Crippen MR) is 87.3 cm³/mol. The number of rotatable bonds is 6. The molecule has 0 bridgehead atoms. The molecule has 0 unspecified atom stereocenters. The minimum Gasteiger partial charge on any atom is -0.477 e. The van der Waals surface area contributed by atoms with E-state index in [1.165, 1.54) is 6.07 Å². The van der Waals surface area contributed by atoms with Gasteiger partial charge in [0, 0.05) is 18.3 Å². The first-order valence-electron chi connectivity index (χ1n) is 7.26. The van der Waals surface area contributed by atoms with Crippen molar-refractivity contribution in [2.24, 2.45) is 0 Å². The van der Waals surface area contributed by atoms with Crippen molar-refractivity contribution >= 4 is 5.97 Å². The molecule has 2 rings (SSSR count). The quantitative estimate of drug-likeness (QED) is 0.832. The van der Waals surface area contributed by atoms with Gasteiger partial charge in [-0.2, -0.15) is 0 Å². The van der Waals surface area contributed by atoms with Gasteiger partial charge in [-0.05, 0) is 12.0 Å². The summed E-state index contributed by atoms with van der Waals surface area (Å²) in [7, 11) is 0. The lowest BCUT2D eigenvalue weighted by atomic mass is 10.0. The number of carbonyl (C=O) groups is 1. The standard InChI is InChI=1S/C18H19NO3/c1-3-8-14-17(18(21)22)16(20)12-15(19(14)11-4-2)13-9-6-5-7-10-13/h4-7,9-10,12H,2-3,8,11H2,1H3,(H,21,22). The van der Waals surface area contributed by atoms with Crippen molar-refractivity contribution in [1.29, 1.82) is 0 Å². The van der Waals surface area contributed by atoms with Crippen molar-refractivity contribution in [3.8, 4) is 11.3 Å². The zero-order chi connectivity index (χ0) is 16.1. The van der Waals surface area contributed by atoms with Crippen LogP contribution in [0.25, 0.3) is 11.3 Å². The van der Waals surface area contributed by atoms with Gasteiger partial charge in [-0.1, -0.05) is 49.8 Å². The lowest BCUT2D eigenvalue weighted by Crippen LogP contribution is -2.24. The molecule has 0 radical (unpaired) electrons. The molecule has 2 aromatic rings. The molecule has 4 nitrogen and oxygen atoms in total. The Morgan fingerprint density at radius 1 is 1.32 bits per heavy atom. The fourth-order valence-electron chi connectivity index (χ4n) is 2.61. The predicted octanol–water partition coefficient (Wildman–Crippen LogP) is 3.35. The molecular weight excluding hydrogens is 278 g/mol. The maximum absolute atomic E-state index is 12.3. The minimum absolute atomic E-state index is 0.136. The lowest BCUT2D eigenvalue weighted by Gasteiger charge is -2.19. The number of carboxylic acid groups (broad SMARTS) is 1. The fraction of sp³-hybridized carbons (Fsp3) is 0.222. The number of nitrogens with zero attached hydrogens (tertiary/aromatic N) is 1. The van der Waals surface area contributed by atoms with Crippen LogP contribution in [0.1, 0.15) is 29.4 Å². The van der Waals surface area contributed by atoms with E-state index in [0.29, 0.717) is 18.7 Å². The summed E-state index contributed by atoms with van der Waals surface area (Å²) in [5, 5.41) is 9.39. The van der Waals surface area contributed by atoms with Gasteiger partial charge in [0.15, 0.2) is 5.43 Å². The highest BCUT2D eigenvalue weighted by atomic mass is 16.4. The van der Waals surface area contributed by atoms with Crippen LogP contribution in [0.4, 0.5) is 0 Å². The average molecular weight is 297 g/mol. The van der Waals surface area contributed by atoms with Gasteiger partial charge in [0.05, 0.1) is 5.69 Å². The number of carboxylic acids is 1. The SMILES string of the molecule is C=CCn1c(-c2ccccc2)cc(=O)c(C(=O)O)c1CCC. The third-order valence-corrected chi connectivity index (χ3v) is 3.50. The topological polar surface area (TPSA) is 59.3 Å². The van der Waals surface area contributed by atoms with E-state index < -0.39 is 11.4 Å². The number of aromatic carboxylic acids is 1. The van der Waals surface area contributed by atoms with Crippen molar-refractivity contribution < 1.29 is 9.90 Å². The maximum atomic E-state index is 12.3. The highest BCUT2D eigenvalue weighted by Gasteiger charge is 2.20. The molecule has 1 aromatic carbocycles. The number of hydrogen-bond acceptors (Lipinski definition) is 2. The van der Waals surface area contributed by atoms with Gasteiger partial charge in [-0.25, -0.2) is 4.79 Å². The summed E-state index contributed by atoms with van der Waals surface area (Å²) in [6.07, 6.45) is 3.00. The molecule has 0 fully saturated rings. The first kappa shape index (κ1) is 15.8. The molecule has 0 saturated carbocycles. The Labute approximate surface area is 129 Å². The van der Waals surface area contributed by atoms with Crippen LogP contribution >= 0.6 is 0 Å². The van der Waals surface area contributed by atoms with E-state index >= 15 is 0 Å². The Hall–Kier alpha value is -2.62. The largest absolute Gasteiger partial charge is 0.477 e. The zero-order valence-electron chi connectivity index (χ0n) is 12.6. The van der Waals surface area contributed by atoms with Gasteiger partial charge in [-0.3, -0.25) is 4.79 Å². The molecule has 0 aliphatic rings. The summed E-state index contributed by atoms with van der Waals surface area (Å²) in [5.41, 5.74) is 1.58. The summed E-state index contributed by atoms with van der Waals surface area (Å²) in [5.74, 6) is -1.18. The molecule has 0 aliphatic heterocycles. The first-order valence-corrected chi connectivity index (χ1v) is 7.26. The van der Waals surface area contributed by atoms with Gasteiger partial charge in [0.2, 0.25) is 0 Å². The Balaban J connectivity index is 2.82. The first-order chi connectivity index (χ1) is 10.6. The van der Waals surface area contributed by atoms with Crippen molar-refractivity contribution in [3.63, 3.8) is 0 Å². The Kier molecular flexibility index (Phi) is 4.94. The average Bonchev–Trinajstić information content (AvgIpc) is 2.50. The van der Waals surface area contributed by atoms with Crippen LogP contribution in [-0.4, -0.2) is 15.6 Å². The van der Waals surface area contributed by atoms with Crippen LogP contribution in [0.2, 0.25) is 0 Å². The minimum atomic E-state index is -1.18. The molecule has 22 heavy (non-hydrogen) atoms. The van der Waals surface area contributed by atoms with Crippen LogP contribution in [0.5, 0.6) is 0 Å². The monoisotopic (exact) mass is 297 g/mol. The van der Waals surface area contributed by atoms with Crippen molar-refractivity contribution in [2.75, 3.05) is 0 Å². The van der Waals surface area contributed by atoms with E-state index in [4.69, 9.17) is 0 Å². The fourth-order valence-corrected chi connectivity index (χ4v) is 2.61. The van der Waals surface area contributed by atoms with Crippen LogP contribution in [0, 0.1) is 0 Å². The third kappa shape index (κ3) is 3.01. The molecule has 0 aliphatic carbocycles. The van der Waals surface area contributed by atoms with E-state index in [2.05, 4.69) is 6.58 Å². The smallest absolute Gasteiger partial charge is 0.341 e. The Bertz CT molecular complexity index is 745. The van der Waals surface area contributed by atoms with Gasteiger partial charge in [0.1, 0.15) is 5.56 Å². The number of benzene rings is 1. The summed E-state index contributed by atoms with van der Waals surface area (Å²) in [6.45, 7) is 6.16. The van der Waals surface area contributed by atoms with Crippen LogP contribution in [0.3, 0.4) is 0 Å². The third-order valence-electron chi connectivity index (χ3n) is 3.50. The summed E-state index contributed by atoms with van der Waals surface area (Å²) >= 11 is 0. The van der Waals surface area contributed by atoms with Gasteiger partial charge in [-0.15, -0.1) is 6.58 Å². The molecule has 0 saturated heterocycles. The summed E-state index contributed by atoms with van der Waals surface area (Å²) in [6, 6.07) is 10.9. The van der Waals surface area contributed by atoms with Gasteiger partial charge < -0.3 is 9.67 Å².